The first kappa shape index (κ1) is 17.0. The van der Waals surface area contributed by atoms with Crippen LogP contribution in [0.2, 0.25) is 0 Å². The molecule has 23 heavy (non-hydrogen) atoms. The van der Waals surface area contributed by atoms with Crippen LogP contribution in [0.25, 0.3) is 0 Å². The molecule has 5 nitrogen and oxygen atoms in total. The number of carbonyl (C=O) groups excluding carboxylic acids is 1. The van der Waals surface area contributed by atoms with Gasteiger partial charge in [-0.25, -0.2) is 9.78 Å². The summed E-state index contributed by atoms with van der Waals surface area (Å²) in [5.41, 5.74) is 0.941. The lowest BCUT2D eigenvalue weighted by molar-refractivity contribution is 0.197. The number of terminal acetylenes is 1. The first-order valence-electron chi connectivity index (χ1n) is 7.44. The number of nitrogens with one attached hydrogen (secondary N) is 1. The normalized spacial score (nSPS) is 11.5. The van der Waals surface area contributed by atoms with E-state index in [1.807, 2.05) is 32.2 Å². The first-order valence-corrected chi connectivity index (χ1v) is 8.25. The Morgan fingerprint density at radius 1 is 1.52 bits per heavy atom. The molecule has 6 heteroatoms. The van der Waals surface area contributed by atoms with Gasteiger partial charge >= 0.3 is 6.03 Å². The van der Waals surface area contributed by atoms with Gasteiger partial charge in [0.15, 0.2) is 0 Å². The summed E-state index contributed by atoms with van der Waals surface area (Å²) in [5.74, 6) is 2.54. The number of rotatable bonds is 6. The molecular formula is C17H20N4OS. The van der Waals surface area contributed by atoms with E-state index in [1.165, 1.54) is 0 Å². The van der Waals surface area contributed by atoms with Crippen molar-refractivity contribution in [3.8, 4) is 12.3 Å². The van der Waals surface area contributed by atoms with Crippen LogP contribution in [0, 0.1) is 19.3 Å². The van der Waals surface area contributed by atoms with Gasteiger partial charge in [0.05, 0.1) is 12.6 Å². The zero-order valence-electron chi connectivity index (χ0n) is 13.3. The fourth-order valence-electron chi connectivity index (χ4n) is 2.13. The Hall–Kier alpha value is -2.39. The highest BCUT2D eigenvalue weighted by atomic mass is 32.1. The van der Waals surface area contributed by atoms with Crippen molar-refractivity contribution in [2.75, 3.05) is 6.54 Å². The third-order valence-electron chi connectivity index (χ3n) is 3.31. The second-order valence-electron chi connectivity index (χ2n) is 5.14. The molecule has 0 spiro atoms. The smallest absolute Gasteiger partial charge is 0.319 e. The minimum Gasteiger partial charge on any atom is -0.329 e. The van der Waals surface area contributed by atoms with E-state index in [0.717, 1.165) is 21.9 Å². The van der Waals surface area contributed by atoms with Crippen molar-refractivity contribution < 1.29 is 4.79 Å². The summed E-state index contributed by atoms with van der Waals surface area (Å²) in [5, 5.41) is 3.94. The van der Waals surface area contributed by atoms with Crippen molar-refractivity contribution >= 4 is 17.4 Å². The summed E-state index contributed by atoms with van der Waals surface area (Å²) in [6, 6.07) is 3.47. The van der Waals surface area contributed by atoms with E-state index >= 15 is 0 Å². The number of aryl methyl sites for hydroxylation is 1. The number of pyridine rings is 1. The standard InChI is InChI=1S/C17H20N4OS/c1-4-9-21(12-14-7-6-8-18-11-14)17(22)20-15(5-2)16-19-10-13(3)23-16/h1,6-8,10-11,15H,5,9,12H2,2-3H3,(H,20,22)/t15-/m0/s1. The Morgan fingerprint density at radius 3 is 2.91 bits per heavy atom. The zero-order valence-corrected chi connectivity index (χ0v) is 14.1. The molecular weight excluding hydrogens is 308 g/mol. The Morgan fingerprint density at radius 2 is 2.35 bits per heavy atom. The molecule has 0 aromatic carbocycles. The number of carbonyl (C=O) groups is 1. The predicted molar refractivity (Wildman–Crippen MR) is 91.9 cm³/mol. The van der Waals surface area contributed by atoms with Crippen LogP contribution in [0.15, 0.2) is 30.7 Å². The third kappa shape index (κ3) is 4.80. The number of amides is 2. The summed E-state index contributed by atoms with van der Waals surface area (Å²) < 4.78 is 0. The van der Waals surface area contributed by atoms with Gasteiger partial charge in [-0.2, -0.15) is 0 Å². The number of aromatic nitrogens is 2. The van der Waals surface area contributed by atoms with Crippen LogP contribution in [0.5, 0.6) is 0 Å². The van der Waals surface area contributed by atoms with Crippen LogP contribution < -0.4 is 5.32 Å². The summed E-state index contributed by atoms with van der Waals surface area (Å²) in [6.07, 6.45) is 11.4. The maximum absolute atomic E-state index is 12.6. The predicted octanol–water partition coefficient (Wildman–Crippen LogP) is 3.14. The van der Waals surface area contributed by atoms with Gasteiger partial charge in [0.25, 0.3) is 0 Å². The van der Waals surface area contributed by atoms with Gasteiger partial charge in [0.2, 0.25) is 0 Å². The summed E-state index contributed by atoms with van der Waals surface area (Å²) in [7, 11) is 0. The van der Waals surface area contributed by atoms with Crippen molar-refractivity contribution in [2.24, 2.45) is 0 Å². The number of thiazole rings is 1. The monoisotopic (exact) mass is 328 g/mol. The summed E-state index contributed by atoms with van der Waals surface area (Å²) in [6.45, 7) is 4.70. The molecule has 2 aromatic heterocycles. The molecule has 0 saturated carbocycles. The van der Waals surface area contributed by atoms with Crippen LogP contribution in [0.4, 0.5) is 4.79 Å². The maximum Gasteiger partial charge on any atom is 0.319 e. The highest BCUT2D eigenvalue weighted by molar-refractivity contribution is 7.11. The van der Waals surface area contributed by atoms with E-state index in [2.05, 4.69) is 21.2 Å². The van der Waals surface area contributed by atoms with Crippen LogP contribution in [0.1, 0.15) is 34.8 Å². The molecule has 2 amide bonds. The minimum atomic E-state index is -0.188. The zero-order chi connectivity index (χ0) is 16.7. The average molecular weight is 328 g/mol. The lowest BCUT2D eigenvalue weighted by atomic mass is 10.2. The average Bonchev–Trinajstić information content (AvgIpc) is 2.99. The Bertz CT molecular complexity index is 677. The van der Waals surface area contributed by atoms with Crippen molar-refractivity contribution in [3.05, 3.63) is 46.2 Å². The van der Waals surface area contributed by atoms with Gasteiger partial charge < -0.3 is 10.2 Å². The van der Waals surface area contributed by atoms with Crippen molar-refractivity contribution in [1.29, 1.82) is 0 Å². The van der Waals surface area contributed by atoms with Gasteiger partial charge in [-0.3, -0.25) is 4.98 Å². The molecule has 2 rings (SSSR count). The lowest BCUT2D eigenvalue weighted by Gasteiger charge is -2.24. The van der Waals surface area contributed by atoms with E-state index in [-0.39, 0.29) is 18.6 Å². The number of urea groups is 1. The maximum atomic E-state index is 12.6. The molecule has 0 bridgehead atoms. The molecule has 0 radical (unpaired) electrons. The summed E-state index contributed by atoms with van der Waals surface area (Å²) in [4.78, 5) is 23.7. The highest BCUT2D eigenvalue weighted by Gasteiger charge is 2.20. The molecule has 0 fully saturated rings. The topological polar surface area (TPSA) is 58.1 Å². The molecule has 0 unspecified atom stereocenters. The van der Waals surface area contributed by atoms with Crippen LogP contribution in [-0.2, 0) is 6.54 Å². The van der Waals surface area contributed by atoms with E-state index in [9.17, 15) is 4.79 Å². The van der Waals surface area contributed by atoms with E-state index in [0.29, 0.717) is 6.54 Å². The molecule has 0 aliphatic heterocycles. The Labute approximate surface area is 140 Å². The van der Waals surface area contributed by atoms with Crippen molar-refractivity contribution in [2.45, 2.75) is 32.9 Å². The second-order valence-corrected chi connectivity index (χ2v) is 6.41. The molecule has 0 aliphatic rings. The molecule has 1 atom stereocenters. The quantitative estimate of drug-likeness (QED) is 0.829. The first-order chi connectivity index (χ1) is 11.1. The van der Waals surface area contributed by atoms with Gasteiger partial charge in [-0.05, 0) is 25.0 Å². The largest absolute Gasteiger partial charge is 0.329 e. The Balaban J connectivity index is 2.06. The van der Waals surface area contributed by atoms with Crippen molar-refractivity contribution in [3.63, 3.8) is 0 Å². The molecule has 2 heterocycles. The molecule has 120 valence electrons. The van der Waals surface area contributed by atoms with Crippen molar-refractivity contribution in [1.82, 2.24) is 20.2 Å². The van der Waals surface area contributed by atoms with E-state index in [1.54, 1.807) is 28.6 Å². The molecule has 2 aromatic rings. The SMILES string of the molecule is C#CCN(Cc1cccnc1)C(=O)N[C@@H](CC)c1ncc(C)s1. The molecule has 1 N–H and O–H groups in total. The molecule has 0 saturated heterocycles. The van der Waals surface area contributed by atoms with Gasteiger partial charge in [-0.15, -0.1) is 17.8 Å². The highest BCUT2D eigenvalue weighted by Crippen LogP contribution is 2.22. The lowest BCUT2D eigenvalue weighted by Crippen LogP contribution is -2.41. The van der Waals surface area contributed by atoms with Crippen LogP contribution >= 0.6 is 11.3 Å². The van der Waals surface area contributed by atoms with Crippen LogP contribution in [-0.4, -0.2) is 27.4 Å². The van der Waals surface area contributed by atoms with Gasteiger partial charge in [0.1, 0.15) is 5.01 Å². The summed E-state index contributed by atoms with van der Waals surface area (Å²) >= 11 is 1.60. The number of hydrogen-bond donors (Lipinski definition) is 1. The minimum absolute atomic E-state index is 0.102. The van der Waals surface area contributed by atoms with Gasteiger partial charge in [0, 0.05) is 30.0 Å². The van der Waals surface area contributed by atoms with Gasteiger partial charge in [-0.1, -0.05) is 18.9 Å². The molecule has 0 aliphatic carbocycles. The van der Waals surface area contributed by atoms with E-state index in [4.69, 9.17) is 6.42 Å². The fraction of sp³-hybridized carbons (Fsp3) is 0.353. The Kier molecular flexibility index (Phi) is 6.12. The van der Waals surface area contributed by atoms with E-state index < -0.39 is 0 Å². The third-order valence-corrected chi connectivity index (χ3v) is 4.34. The van der Waals surface area contributed by atoms with Crippen LogP contribution in [0.3, 0.4) is 0 Å². The number of nitrogens with zero attached hydrogens (tertiary/aromatic N) is 3. The second kappa shape index (κ2) is 8.30. The number of hydrogen-bond acceptors (Lipinski definition) is 4. The fourth-order valence-corrected chi connectivity index (χ4v) is 3.04.